The van der Waals surface area contributed by atoms with Crippen molar-refractivity contribution in [2.45, 2.75) is 68.9 Å². The second-order valence-corrected chi connectivity index (χ2v) is 10.5. The molecule has 1 unspecified atom stereocenters. The number of hydrogen-bond donors (Lipinski definition) is 0. The lowest BCUT2D eigenvalue weighted by Crippen LogP contribution is -2.52. The summed E-state index contributed by atoms with van der Waals surface area (Å²) >= 11 is 0. The fourth-order valence-electron chi connectivity index (χ4n) is 5.62. The second-order valence-electron chi connectivity index (χ2n) is 9.01. The van der Waals surface area contributed by atoms with Crippen molar-refractivity contribution in [2.24, 2.45) is 23.2 Å². The molecule has 4 saturated carbocycles. The van der Waals surface area contributed by atoms with Gasteiger partial charge in [-0.1, -0.05) is 0 Å². The van der Waals surface area contributed by atoms with Crippen LogP contribution in [0.3, 0.4) is 0 Å². The summed E-state index contributed by atoms with van der Waals surface area (Å²) in [6.07, 6.45) is -5.96. The summed E-state index contributed by atoms with van der Waals surface area (Å²) in [6, 6.07) is 0. The predicted molar refractivity (Wildman–Crippen MR) is 91.4 cm³/mol. The highest BCUT2D eigenvalue weighted by Gasteiger charge is 2.63. The molecular formula is C18H22F5O7S-. The first-order chi connectivity index (χ1) is 14.1. The van der Waals surface area contributed by atoms with Gasteiger partial charge in [-0.25, -0.2) is 8.42 Å². The van der Waals surface area contributed by atoms with Gasteiger partial charge in [0.05, 0.1) is 19.4 Å². The van der Waals surface area contributed by atoms with E-state index in [1.54, 1.807) is 0 Å². The molecule has 13 heteroatoms. The highest BCUT2D eigenvalue weighted by Crippen LogP contribution is 2.60. The third kappa shape index (κ3) is 5.29. The van der Waals surface area contributed by atoms with Gasteiger partial charge in [-0.05, 0) is 56.3 Å². The minimum atomic E-state index is -6.76. The van der Waals surface area contributed by atoms with E-state index in [-0.39, 0.29) is 12.0 Å². The molecule has 31 heavy (non-hydrogen) atoms. The summed E-state index contributed by atoms with van der Waals surface area (Å²) in [5, 5.41) is -5.92. The molecule has 0 radical (unpaired) electrons. The summed E-state index contributed by atoms with van der Waals surface area (Å²) in [5.74, 6) is -1.02. The second kappa shape index (κ2) is 8.13. The van der Waals surface area contributed by atoms with Crippen LogP contribution in [-0.2, 0) is 29.2 Å². The third-order valence-corrected chi connectivity index (χ3v) is 7.30. The Morgan fingerprint density at radius 2 is 1.39 bits per heavy atom. The van der Waals surface area contributed by atoms with Crippen LogP contribution in [0, 0.1) is 23.2 Å². The Morgan fingerprint density at radius 1 is 0.935 bits per heavy atom. The lowest BCUT2D eigenvalue weighted by molar-refractivity contribution is -0.259. The molecular weight excluding hydrogens is 455 g/mol. The quantitative estimate of drug-likeness (QED) is 0.300. The number of esters is 2. The average molecular weight is 477 g/mol. The molecule has 4 bridgehead atoms. The SMILES string of the molecule is O=C(CCC(=O)OC(C(F)(F)F)C(F)(F)S(=O)(=O)[O-])OCC12CC3CC(CC(C3)C1)C2. The van der Waals surface area contributed by atoms with Crippen molar-refractivity contribution in [3.05, 3.63) is 0 Å². The zero-order valence-electron chi connectivity index (χ0n) is 16.3. The van der Waals surface area contributed by atoms with Gasteiger partial charge in [0.25, 0.3) is 6.10 Å². The Kier molecular flexibility index (Phi) is 6.33. The van der Waals surface area contributed by atoms with Gasteiger partial charge >= 0.3 is 23.4 Å². The number of halogens is 5. The molecule has 0 spiro atoms. The number of rotatable bonds is 8. The van der Waals surface area contributed by atoms with Crippen LogP contribution in [0.2, 0.25) is 0 Å². The van der Waals surface area contributed by atoms with E-state index >= 15 is 0 Å². The maximum atomic E-state index is 13.3. The Hall–Kier alpha value is -1.50. The monoisotopic (exact) mass is 477 g/mol. The fraction of sp³-hybridized carbons (Fsp3) is 0.889. The molecule has 0 aromatic heterocycles. The highest BCUT2D eigenvalue weighted by molar-refractivity contribution is 7.86. The molecule has 4 aliphatic rings. The molecule has 0 aromatic rings. The molecule has 4 rings (SSSR count). The summed E-state index contributed by atoms with van der Waals surface area (Å²) in [5.41, 5.74) is -0.128. The molecule has 178 valence electrons. The highest BCUT2D eigenvalue weighted by atomic mass is 32.2. The minimum absolute atomic E-state index is 0.127. The van der Waals surface area contributed by atoms with Gasteiger partial charge in [-0.15, -0.1) is 0 Å². The number of alkyl halides is 5. The van der Waals surface area contributed by atoms with Gasteiger partial charge in [0, 0.05) is 5.41 Å². The Morgan fingerprint density at radius 3 is 1.81 bits per heavy atom. The van der Waals surface area contributed by atoms with Gasteiger partial charge in [0.15, 0.2) is 10.1 Å². The van der Waals surface area contributed by atoms with Crippen LogP contribution in [0.5, 0.6) is 0 Å². The van der Waals surface area contributed by atoms with Crippen LogP contribution in [-0.4, -0.2) is 49.1 Å². The van der Waals surface area contributed by atoms with Gasteiger partial charge in [-0.3, -0.25) is 9.59 Å². The molecule has 0 heterocycles. The van der Waals surface area contributed by atoms with Crippen LogP contribution in [0.1, 0.15) is 51.4 Å². The van der Waals surface area contributed by atoms with Crippen LogP contribution in [0.25, 0.3) is 0 Å². The number of carbonyl (C=O) groups excluding carboxylic acids is 2. The van der Waals surface area contributed by atoms with Crippen molar-refractivity contribution in [1.82, 2.24) is 0 Å². The summed E-state index contributed by atoms with van der Waals surface area (Å²) < 4.78 is 105. The van der Waals surface area contributed by atoms with Gasteiger partial charge < -0.3 is 14.0 Å². The smallest absolute Gasteiger partial charge is 0.432 e. The molecule has 0 aliphatic heterocycles. The van der Waals surface area contributed by atoms with E-state index in [0.717, 1.165) is 19.3 Å². The topological polar surface area (TPSA) is 110 Å². The maximum absolute atomic E-state index is 13.3. The molecule has 0 saturated heterocycles. The molecule has 0 aromatic carbocycles. The molecule has 1 atom stereocenters. The number of ether oxygens (including phenoxy) is 2. The van der Waals surface area contributed by atoms with E-state index < -0.39 is 52.4 Å². The van der Waals surface area contributed by atoms with Gasteiger partial charge in [0.2, 0.25) is 0 Å². The van der Waals surface area contributed by atoms with Crippen molar-refractivity contribution in [1.29, 1.82) is 0 Å². The Balaban J connectivity index is 1.50. The van der Waals surface area contributed by atoms with E-state index in [0.29, 0.717) is 17.8 Å². The molecule has 4 aliphatic carbocycles. The van der Waals surface area contributed by atoms with E-state index in [9.17, 15) is 44.5 Å². The van der Waals surface area contributed by atoms with Crippen molar-refractivity contribution in [3.8, 4) is 0 Å². The Bertz CT molecular complexity index is 788. The van der Waals surface area contributed by atoms with Crippen LogP contribution >= 0.6 is 0 Å². The van der Waals surface area contributed by atoms with Crippen LogP contribution in [0.4, 0.5) is 22.0 Å². The lowest BCUT2D eigenvalue weighted by Gasteiger charge is -2.56. The largest absolute Gasteiger partial charge is 0.743 e. The zero-order chi connectivity index (χ0) is 23.2. The standard InChI is InChI=1S/C18H23F5O7S/c19-17(20,21)15(18(22,23)31(26,27)28)30-14(25)2-1-13(24)29-9-16-6-10-3-11(7-16)5-12(4-10)8-16/h10-12,15H,1-9H2,(H,26,27,28)/p-1. The first-order valence-corrected chi connectivity index (χ1v) is 11.3. The van der Waals surface area contributed by atoms with Crippen molar-refractivity contribution in [2.75, 3.05) is 6.61 Å². The lowest BCUT2D eigenvalue weighted by atomic mass is 9.50. The maximum Gasteiger partial charge on any atom is 0.432 e. The molecule has 0 amide bonds. The van der Waals surface area contributed by atoms with Gasteiger partial charge in [-0.2, -0.15) is 22.0 Å². The van der Waals surface area contributed by atoms with Crippen molar-refractivity contribution < 1.29 is 54.0 Å². The molecule has 0 N–H and O–H groups in total. The summed E-state index contributed by atoms with van der Waals surface area (Å²) in [6.45, 7) is 0.127. The molecule has 7 nitrogen and oxygen atoms in total. The van der Waals surface area contributed by atoms with E-state index in [1.165, 1.54) is 19.3 Å². The zero-order valence-corrected chi connectivity index (χ0v) is 17.1. The first-order valence-electron chi connectivity index (χ1n) is 9.86. The van der Waals surface area contributed by atoms with E-state index in [4.69, 9.17) is 4.74 Å². The number of hydrogen-bond acceptors (Lipinski definition) is 7. The van der Waals surface area contributed by atoms with Crippen molar-refractivity contribution >= 4 is 22.1 Å². The number of carbonyl (C=O) groups is 2. The predicted octanol–water partition coefficient (Wildman–Crippen LogP) is 3.14. The average Bonchev–Trinajstić information content (AvgIpc) is 2.59. The van der Waals surface area contributed by atoms with Crippen molar-refractivity contribution in [3.63, 3.8) is 0 Å². The summed E-state index contributed by atoms with van der Waals surface area (Å²) in [7, 11) is -6.76. The fourth-order valence-corrected chi connectivity index (χ4v) is 6.07. The normalized spacial score (nSPS) is 31.4. The van der Waals surface area contributed by atoms with Crippen LogP contribution in [0.15, 0.2) is 0 Å². The molecule has 4 fully saturated rings. The minimum Gasteiger partial charge on any atom is -0.743 e. The van der Waals surface area contributed by atoms with Crippen LogP contribution < -0.4 is 0 Å². The van der Waals surface area contributed by atoms with E-state index in [2.05, 4.69) is 4.74 Å². The van der Waals surface area contributed by atoms with Gasteiger partial charge in [0.1, 0.15) is 0 Å². The summed E-state index contributed by atoms with van der Waals surface area (Å²) in [4.78, 5) is 23.5. The third-order valence-electron chi connectivity index (χ3n) is 6.42. The Labute approximate surface area is 175 Å². The first kappa shape index (κ1) is 24.1. The van der Waals surface area contributed by atoms with E-state index in [1.807, 2.05) is 0 Å².